The molecule has 7 heteroatoms. The van der Waals surface area contributed by atoms with Gasteiger partial charge in [0.25, 0.3) is 0 Å². The van der Waals surface area contributed by atoms with Gasteiger partial charge in [-0.3, -0.25) is 10.3 Å². The Labute approximate surface area is 135 Å². The first-order valence-electron chi connectivity index (χ1n) is 7.01. The van der Waals surface area contributed by atoms with Gasteiger partial charge in [0.05, 0.1) is 18.1 Å². The summed E-state index contributed by atoms with van der Waals surface area (Å²) in [6.45, 7) is 9.35. The number of aromatic nitrogens is 3. The van der Waals surface area contributed by atoms with E-state index in [-0.39, 0.29) is 5.15 Å². The van der Waals surface area contributed by atoms with Crippen LogP contribution in [0.5, 0.6) is 0 Å². The Bertz CT molecular complexity index is 606. The first-order valence-corrected chi connectivity index (χ1v) is 7.38. The third-order valence-electron chi connectivity index (χ3n) is 2.22. The van der Waals surface area contributed by atoms with E-state index in [1.54, 1.807) is 45.4 Å². The second kappa shape index (κ2) is 7.79. The molecule has 6 nitrogen and oxygen atoms in total. The first-order chi connectivity index (χ1) is 10.3. The van der Waals surface area contributed by atoms with Crippen molar-refractivity contribution in [1.29, 1.82) is 0 Å². The van der Waals surface area contributed by atoms with E-state index in [1.807, 2.05) is 19.9 Å². The van der Waals surface area contributed by atoms with Gasteiger partial charge in [-0.25, -0.2) is 9.48 Å². The quantitative estimate of drug-likeness (QED) is 0.894. The summed E-state index contributed by atoms with van der Waals surface area (Å²) in [4.78, 5) is 15.7. The minimum atomic E-state index is -0.579. The molecule has 0 unspecified atom stereocenters. The number of nitrogens with one attached hydrogen (secondary N) is 1. The normalized spacial score (nSPS) is 10.5. The van der Waals surface area contributed by atoms with Crippen LogP contribution >= 0.6 is 11.6 Å². The van der Waals surface area contributed by atoms with Crippen LogP contribution in [0.4, 0.5) is 10.5 Å². The standard InChI is InChI=1S/C13H15ClN4O2.C2H6/c1-13(2,3)20-12(19)16-10-8-18(17-11(10)14)9-5-4-6-15-7-9;1-2/h4-8H,1-3H3,(H,16,19);1-2H3. The Morgan fingerprint density at radius 2 is 2.05 bits per heavy atom. The van der Waals surface area contributed by atoms with Gasteiger partial charge in [0, 0.05) is 6.20 Å². The summed E-state index contributed by atoms with van der Waals surface area (Å²) in [5.74, 6) is 0. The summed E-state index contributed by atoms with van der Waals surface area (Å²) >= 11 is 5.99. The average molecular weight is 325 g/mol. The number of hydrogen-bond donors (Lipinski definition) is 1. The lowest BCUT2D eigenvalue weighted by Gasteiger charge is -2.19. The number of halogens is 1. The lowest BCUT2D eigenvalue weighted by Crippen LogP contribution is -2.27. The minimum absolute atomic E-state index is 0.180. The number of rotatable bonds is 2. The molecular formula is C15H21ClN4O2. The van der Waals surface area contributed by atoms with E-state index in [0.29, 0.717) is 5.69 Å². The van der Waals surface area contributed by atoms with Crippen LogP contribution in [-0.2, 0) is 4.74 Å². The van der Waals surface area contributed by atoms with Gasteiger partial charge >= 0.3 is 6.09 Å². The Balaban J connectivity index is 0.00000116. The number of carbonyl (C=O) groups is 1. The van der Waals surface area contributed by atoms with Crippen molar-refractivity contribution in [2.75, 3.05) is 5.32 Å². The molecule has 0 aliphatic rings. The summed E-state index contributed by atoms with van der Waals surface area (Å²) in [6, 6.07) is 3.61. The molecule has 1 N–H and O–H groups in total. The number of hydrogen-bond acceptors (Lipinski definition) is 4. The largest absolute Gasteiger partial charge is 0.444 e. The van der Waals surface area contributed by atoms with E-state index in [4.69, 9.17) is 16.3 Å². The van der Waals surface area contributed by atoms with Gasteiger partial charge in [0.1, 0.15) is 11.3 Å². The highest BCUT2D eigenvalue weighted by molar-refractivity contribution is 6.32. The SMILES string of the molecule is CC.CC(C)(C)OC(=O)Nc1cn(-c2cccnc2)nc1Cl. The van der Waals surface area contributed by atoms with Crippen LogP contribution < -0.4 is 5.32 Å². The molecule has 0 spiro atoms. The predicted molar refractivity (Wildman–Crippen MR) is 87.6 cm³/mol. The van der Waals surface area contributed by atoms with Crippen molar-refractivity contribution >= 4 is 23.4 Å². The van der Waals surface area contributed by atoms with Gasteiger partial charge in [-0.2, -0.15) is 5.10 Å². The van der Waals surface area contributed by atoms with Crippen molar-refractivity contribution in [3.05, 3.63) is 35.9 Å². The van der Waals surface area contributed by atoms with Crippen molar-refractivity contribution in [2.24, 2.45) is 0 Å². The van der Waals surface area contributed by atoms with Crippen molar-refractivity contribution in [3.63, 3.8) is 0 Å². The molecule has 0 bridgehead atoms. The zero-order valence-corrected chi connectivity index (χ0v) is 14.2. The fourth-order valence-electron chi connectivity index (χ4n) is 1.47. The topological polar surface area (TPSA) is 69.0 Å². The van der Waals surface area contributed by atoms with E-state index in [2.05, 4.69) is 15.4 Å². The number of carbonyl (C=O) groups excluding carboxylic acids is 1. The summed E-state index contributed by atoms with van der Waals surface area (Å²) in [5.41, 5.74) is 0.548. The van der Waals surface area contributed by atoms with E-state index in [9.17, 15) is 4.79 Å². The molecule has 120 valence electrons. The molecule has 0 atom stereocenters. The van der Waals surface area contributed by atoms with Crippen LogP contribution in [-0.4, -0.2) is 26.5 Å². The van der Waals surface area contributed by atoms with Crippen LogP contribution in [0.1, 0.15) is 34.6 Å². The van der Waals surface area contributed by atoms with Gasteiger partial charge in [-0.05, 0) is 32.9 Å². The van der Waals surface area contributed by atoms with Gasteiger partial charge in [-0.1, -0.05) is 25.4 Å². The fourth-order valence-corrected chi connectivity index (χ4v) is 1.65. The smallest absolute Gasteiger partial charge is 0.412 e. The molecule has 22 heavy (non-hydrogen) atoms. The maximum atomic E-state index is 11.7. The van der Waals surface area contributed by atoms with Crippen molar-refractivity contribution in [2.45, 2.75) is 40.2 Å². The predicted octanol–water partition coefficient (Wildman–Crippen LogP) is 4.29. The summed E-state index contributed by atoms with van der Waals surface area (Å²) < 4.78 is 6.68. The third kappa shape index (κ3) is 5.37. The van der Waals surface area contributed by atoms with E-state index in [1.165, 1.54) is 4.68 Å². The van der Waals surface area contributed by atoms with Crippen LogP contribution in [0.15, 0.2) is 30.7 Å². The van der Waals surface area contributed by atoms with Crippen LogP contribution in [0.25, 0.3) is 5.69 Å². The van der Waals surface area contributed by atoms with Gasteiger partial charge in [-0.15, -0.1) is 0 Å². The van der Waals surface area contributed by atoms with E-state index in [0.717, 1.165) is 5.69 Å². The van der Waals surface area contributed by atoms with Gasteiger partial charge < -0.3 is 4.74 Å². The van der Waals surface area contributed by atoms with Crippen molar-refractivity contribution in [3.8, 4) is 5.69 Å². The second-order valence-corrected chi connectivity index (χ2v) is 5.47. The van der Waals surface area contributed by atoms with Crippen LogP contribution in [0.2, 0.25) is 5.15 Å². The summed E-state index contributed by atoms with van der Waals surface area (Å²) in [6.07, 6.45) is 4.32. The zero-order valence-electron chi connectivity index (χ0n) is 13.4. The molecule has 0 saturated carbocycles. The van der Waals surface area contributed by atoms with Gasteiger partial charge in [0.2, 0.25) is 0 Å². The number of pyridine rings is 1. The molecule has 0 aromatic carbocycles. The van der Waals surface area contributed by atoms with Crippen LogP contribution in [0, 0.1) is 0 Å². The Morgan fingerprint density at radius 1 is 1.36 bits per heavy atom. The Morgan fingerprint density at radius 3 is 2.59 bits per heavy atom. The molecule has 0 fully saturated rings. The second-order valence-electron chi connectivity index (χ2n) is 5.12. The summed E-state index contributed by atoms with van der Waals surface area (Å²) in [7, 11) is 0. The molecule has 0 saturated heterocycles. The monoisotopic (exact) mass is 324 g/mol. The summed E-state index contributed by atoms with van der Waals surface area (Å²) in [5, 5.41) is 6.84. The zero-order chi connectivity index (χ0) is 16.8. The van der Waals surface area contributed by atoms with Crippen molar-refractivity contribution < 1.29 is 9.53 Å². The highest BCUT2D eigenvalue weighted by Crippen LogP contribution is 2.22. The van der Waals surface area contributed by atoms with E-state index >= 15 is 0 Å². The lowest BCUT2D eigenvalue weighted by atomic mass is 10.2. The molecule has 0 aliphatic carbocycles. The van der Waals surface area contributed by atoms with E-state index < -0.39 is 11.7 Å². The molecule has 0 radical (unpaired) electrons. The highest BCUT2D eigenvalue weighted by atomic mass is 35.5. The molecule has 2 rings (SSSR count). The minimum Gasteiger partial charge on any atom is -0.444 e. The number of amides is 1. The average Bonchev–Trinajstić information content (AvgIpc) is 2.81. The molecule has 2 aromatic rings. The van der Waals surface area contributed by atoms with Gasteiger partial charge in [0.15, 0.2) is 5.15 Å². The number of nitrogens with zero attached hydrogens (tertiary/aromatic N) is 3. The maximum absolute atomic E-state index is 11.7. The Kier molecular flexibility index (Phi) is 6.37. The molecule has 0 aliphatic heterocycles. The number of anilines is 1. The molecule has 1 amide bonds. The van der Waals surface area contributed by atoms with Crippen LogP contribution in [0.3, 0.4) is 0 Å². The fraction of sp³-hybridized carbons (Fsp3) is 0.400. The molecule has 2 heterocycles. The first kappa shape index (κ1) is 18.0. The Hall–Kier alpha value is -2.08. The number of ether oxygens (including phenoxy) is 1. The molecular weight excluding hydrogens is 304 g/mol. The molecule has 2 aromatic heterocycles. The maximum Gasteiger partial charge on any atom is 0.412 e. The highest BCUT2D eigenvalue weighted by Gasteiger charge is 2.18. The van der Waals surface area contributed by atoms with Crippen molar-refractivity contribution in [1.82, 2.24) is 14.8 Å². The third-order valence-corrected chi connectivity index (χ3v) is 2.49. The lowest BCUT2D eigenvalue weighted by molar-refractivity contribution is 0.0636.